The summed E-state index contributed by atoms with van der Waals surface area (Å²) in [4.78, 5) is 16.5. The van der Waals surface area contributed by atoms with Crippen LogP contribution in [-0.4, -0.2) is 29.5 Å². The van der Waals surface area contributed by atoms with E-state index in [4.69, 9.17) is 9.25 Å². The maximum Gasteiger partial charge on any atom is 0.337 e. The van der Waals surface area contributed by atoms with Gasteiger partial charge in [0.1, 0.15) is 0 Å². The van der Waals surface area contributed by atoms with Crippen molar-refractivity contribution < 1.29 is 18.8 Å². The number of methoxy groups -OCH3 is 1. The van der Waals surface area contributed by atoms with Gasteiger partial charge in [-0.3, -0.25) is 0 Å². The summed E-state index contributed by atoms with van der Waals surface area (Å²) in [5, 5.41) is 11.8. The van der Waals surface area contributed by atoms with Crippen molar-refractivity contribution in [2.24, 2.45) is 5.16 Å². The molecule has 0 amide bonds. The quantitative estimate of drug-likeness (QED) is 0.345. The largest absolute Gasteiger partial charge is 0.465 e. The number of hydrogen-bond acceptors (Lipinski definition) is 7. The van der Waals surface area contributed by atoms with Crippen LogP contribution in [0.15, 0.2) is 62.6 Å². The molecule has 0 radical (unpaired) electrons. The standard InChI is InChI=1S/C18H14BrN3O4/c1-24-18(23)14-4-2-12(3-5-14)10-20-25-11-16-21-22-17(26-16)13-6-8-15(19)9-7-13/h2-10H,11H2,1H3/b20-10+. The molecule has 0 bridgehead atoms. The number of oxime groups is 1. The fourth-order valence-electron chi connectivity index (χ4n) is 2.03. The molecule has 0 saturated carbocycles. The minimum Gasteiger partial charge on any atom is -0.465 e. The molecular weight excluding hydrogens is 402 g/mol. The second kappa shape index (κ2) is 8.39. The van der Waals surface area contributed by atoms with E-state index >= 15 is 0 Å². The molecule has 0 spiro atoms. The van der Waals surface area contributed by atoms with Gasteiger partial charge < -0.3 is 14.0 Å². The Labute approximate surface area is 157 Å². The van der Waals surface area contributed by atoms with E-state index in [-0.39, 0.29) is 12.6 Å². The third kappa shape index (κ3) is 4.54. The summed E-state index contributed by atoms with van der Waals surface area (Å²) in [5.41, 5.74) is 2.07. The monoisotopic (exact) mass is 415 g/mol. The van der Waals surface area contributed by atoms with Gasteiger partial charge in [-0.05, 0) is 42.0 Å². The summed E-state index contributed by atoms with van der Waals surface area (Å²) in [6, 6.07) is 14.3. The number of carbonyl (C=O) groups excluding carboxylic acids is 1. The Morgan fingerprint density at radius 3 is 2.58 bits per heavy atom. The first-order valence-electron chi connectivity index (χ1n) is 7.58. The lowest BCUT2D eigenvalue weighted by molar-refractivity contribution is 0.0600. The van der Waals surface area contributed by atoms with Gasteiger partial charge in [0.15, 0.2) is 6.61 Å². The van der Waals surface area contributed by atoms with Crippen LogP contribution in [0.3, 0.4) is 0 Å². The molecule has 0 N–H and O–H groups in total. The molecule has 0 atom stereocenters. The molecule has 1 heterocycles. The van der Waals surface area contributed by atoms with Crippen LogP contribution in [0.4, 0.5) is 0 Å². The highest BCUT2D eigenvalue weighted by Crippen LogP contribution is 2.20. The summed E-state index contributed by atoms with van der Waals surface area (Å²) >= 11 is 3.37. The number of rotatable bonds is 6. The summed E-state index contributed by atoms with van der Waals surface area (Å²) in [7, 11) is 1.34. The van der Waals surface area contributed by atoms with Crippen molar-refractivity contribution in [2.75, 3.05) is 7.11 Å². The lowest BCUT2D eigenvalue weighted by Crippen LogP contribution is -2.00. The highest BCUT2D eigenvalue weighted by Gasteiger charge is 2.08. The third-order valence-corrected chi connectivity index (χ3v) is 3.88. The van der Waals surface area contributed by atoms with Gasteiger partial charge in [-0.1, -0.05) is 33.2 Å². The molecule has 8 heteroatoms. The fourth-order valence-corrected chi connectivity index (χ4v) is 2.30. The Balaban J connectivity index is 1.54. The van der Waals surface area contributed by atoms with Crippen LogP contribution >= 0.6 is 15.9 Å². The highest BCUT2D eigenvalue weighted by molar-refractivity contribution is 9.10. The van der Waals surface area contributed by atoms with Gasteiger partial charge in [-0.15, -0.1) is 10.2 Å². The van der Waals surface area contributed by atoms with Crippen LogP contribution in [0.1, 0.15) is 21.8 Å². The molecule has 0 unspecified atom stereocenters. The second-order valence-corrected chi connectivity index (χ2v) is 6.05. The van der Waals surface area contributed by atoms with Crippen molar-refractivity contribution >= 4 is 28.1 Å². The average molecular weight is 416 g/mol. The van der Waals surface area contributed by atoms with Crippen molar-refractivity contribution in [3.63, 3.8) is 0 Å². The zero-order valence-electron chi connectivity index (χ0n) is 13.8. The predicted molar refractivity (Wildman–Crippen MR) is 97.6 cm³/mol. The molecule has 1 aromatic heterocycles. The Morgan fingerprint density at radius 1 is 1.15 bits per heavy atom. The number of halogens is 1. The van der Waals surface area contributed by atoms with Crippen molar-refractivity contribution in [1.29, 1.82) is 0 Å². The lowest BCUT2D eigenvalue weighted by Gasteiger charge is -1.99. The van der Waals surface area contributed by atoms with Crippen molar-refractivity contribution in [2.45, 2.75) is 6.61 Å². The van der Waals surface area contributed by atoms with E-state index < -0.39 is 0 Å². The molecule has 0 aliphatic heterocycles. The summed E-state index contributed by atoms with van der Waals surface area (Å²) in [6.45, 7) is 0.0558. The molecule has 7 nitrogen and oxygen atoms in total. The fraction of sp³-hybridized carbons (Fsp3) is 0.111. The smallest absolute Gasteiger partial charge is 0.337 e. The number of benzene rings is 2. The minimum atomic E-state index is -0.386. The molecule has 0 saturated heterocycles. The Bertz CT molecular complexity index is 905. The van der Waals surface area contributed by atoms with Gasteiger partial charge in [-0.2, -0.15) is 0 Å². The Morgan fingerprint density at radius 2 is 1.88 bits per heavy atom. The summed E-state index contributed by atoms with van der Waals surface area (Å²) in [6.07, 6.45) is 1.52. The molecule has 3 aromatic rings. The van der Waals surface area contributed by atoms with Crippen LogP contribution in [0.2, 0.25) is 0 Å². The molecule has 2 aromatic carbocycles. The SMILES string of the molecule is COC(=O)c1ccc(/C=N/OCc2nnc(-c3ccc(Br)cc3)o2)cc1. The predicted octanol–water partition coefficient (Wildman–Crippen LogP) is 3.84. The van der Waals surface area contributed by atoms with Crippen LogP contribution < -0.4 is 0 Å². The van der Waals surface area contributed by atoms with E-state index in [1.165, 1.54) is 13.3 Å². The molecule has 0 aliphatic carbocycles. The average Bonchev–Trinajstić information content (AvgIpc) is 3.14. The number of nitrogens with zero attached hydrogens (tertiary/aromatic N) is 3. The van der Waals surface area contributed by atoms with Crippen LogP contribution in [0.5, 0.6) is 0 Å². The van der Waals surface area contributed by atoms with Gasteiger partial charge in [0, 0.05) is 10.0 Å². The Kier molecular flexibility index (Phi) is 5.75. The highest BCUT2D eigenvalue weighted by atomic mass is 79.9. The molecule has 3 rings (SSSR count). The molecular formula is C18H14BrN3O4. The first-order valence-corrected chi connectivity index (χ1v) is 8.37. The van der Waals surface area contributed by atoms with Crippen LogP contribution in [0.25, 0.3) is 11.5 Å². The topological polar surface area (TPSA) is 86.8 Å². The van der Waals surface area contributed by atoms with Gasteiger partial charge in [0.2, 0.25) is 5.89 Å². The van der Waals surface area contributed by atoms with E-state index in [1.807, 2.05) is 24.3 Å². The third-order valence-electron chi connectivity index (χ3n) is 3.35. The molecule has 0 fully saturated rings. The van der Waals surface area contributed by atoms with Gasteiger partial charge in [0.05, 0.1) is 18.9 Å². The van der Waals surface area contributed by atoms with Crippen molar-refractivity contribution in [1.82, 2.24) is 10.2 Å². The maximum atomic E-state index is 11.4. The zero-order valence-corrected chi connectivity index (χ0v) is 15.3. The Hall–Kier alpha value is -3.00. The molecule has 26 heavy (non-hydrogen) atoms. The maximum absolute atomic E-state index is 11.4. The second-order valence-electron chi connectivity index (χ2n) is 5.13. The van der Waals surface area contributed by atoms with Gasteiger partial charge >= 0.3 is 5.97 Å². The van der Waals surface area contributed by atoms with Gasteiger partial charge in [0.25, 0.3) is 5.89 Å². The normalized spacial score (nSPS) is 10.8. The summed E-state index contributed by atoms with van der Waals surface area (Å²) < 4.78 is 11.1. The number of aromatic nitrogens is 2. The van der Waals surface area contributed by atoms with E-state index in [1.54, 1.807) is 24.3 Å². The first kappa shape index (κ1) is 17.8. The minimum absolute atomic E-state index is 0.0558. The summed E-state index contributed by atoms with van der Waals surface area (Å²) in [5.74, 6) is 0.349. The van der Waals surface area contributed by atoms with Crippen molar-refractivity contribution in [3.8, 4) is 11.5 Å². The van der Waals surface area contributed by atoms with E-state index in [9.17, 15) is 4.79 Å². The van der Waals surface area contributed by atoms with E-state index in [0.29, 0.717) is 17.3 Å². The van der Waals surface area contributed by atoms with E-state index in [0.717, 1.165) is 15.6 Å². The number of carbonyl (C=O) groups is 1. The molecule has 0 aliphatic rings. The number of hydrogen-bond donors (Lipinski definition) is 0. The van der Waals surface area contributed by atoms with Gasteiger partial charge in [-0.25, -0.2) is 4.79 Å². The lowest BCUT2D eigenvalue weighted by atomic mass is 10.1. The number of ether oxygens (including phenoxy) is 1. The van der Waals surface area contributed by atoms with Crippen molar-refractivity contribution in [3.05, 3.63) is 70.0 Å². The zero-order chi connectivity index (χ0) is 18.4. The first-order chi connectivity index (χ1) is 12.7. The van der Waals surface area contributed by atoms with E-state index in [2.05, 4.69) is 36.0 Å². The molecule has 132 valence electrons. The number of esters is 1. The van der Waals surface area contributed by atoms with Crippen LogP contribution in [-0.2, 0) is 16.2 Å². The van der Waals surface area contributed by atoms with Crippen LogP contribution in [0, 0.1) is 0 Å².